The molecular formula is C21H29F3N4O3S. The van der Waals surface area contributed by atoms with E-state index in [-0.39, 0.29) is 22.7 Å². The number of hydrogen-bond acceptors (Lipinski definition) is 5. The molecule has 0 aromatic heterocycles. The van der Waals surface area contributed by atoms with Gasteiger partial charge in [0, 0.05) is 19.6 Å². The van der Waals surface area contributed by atoms with Gasteiger partial charge in [0.1, 0.15) is 22.3 Å². The number of benzene rings is 1. The number of carbonyl (C=O) groups is 1. The summed E-state index contributed by atoms with van der Waals surface area (Å²) in [7, 11) is -1.78. The summed E-state index contributed by atoms with van der Waals surface area (Å²) in [6.45, 7) is 7.10. The summed E-state index contributed by atoms with van der Waals surface area (Å²) >= 11 is 0. The predicted octanol–water partition coefficient (Wildman–Crippen LogP) is 3.11. The molecule has 1 fully saturated rings. The summed E-state index contributed by atoms with van der Waals surface area (Å²) in [6, 6.07) is 2.46. The number of aliphatic imine (C=N–C) groups is 1. The number of halogens is 3. The van der Waals surface area contributed by atoms with E-state index >= 15 is 0 Å². The van der Waals surface area contributed by atoms with E-state index in [4.69, 9.17) is 5.73 Å². The summed E-state index contributed by atoms with van der Waals surface area (Å²) in [5, 5.41) is 9.98. The zero-order valence-electron chi connectivity index (χ0n) is 18.4. The van der Waals surface area contributed by atoms with E-state index in [2.05, 4.69) is 4.99 Å². The molecular weight excluding hydrogens is 445 g/mol. The number of phenols is 1. The number of carbonyl (C=O) groups excluding carboxylic acids is 1. The molecule has 0 spiro atoms. The van der Waals surface area contributed by atoms with Crippen molar-refractivity contribution in [2.24, 2.45) is 22.6 Å². The molecule has 11 heteroatoms. The molecule has 2 aliphatic rings. The number of piperidine rings is 1. The average Bonchev–Trinajstić information content (AvgIpc) is 2.89. The summed E-state index contributed by atoms with van der Waals surface area (Å²) in [5.74, 6) is -0.108. The van der Waals surface area contributed by atoms with Gasteiger partial charge in [0.15, 0.2) is 5.96 Å². The van der Waals surface area contributed by atoms with Crippen LogP contribution in [0.3, 0.4) is 0 Å². The Kier molecular flexibility index (Phi) is 6.90. The lowest BCUT2D eigenvalue weighted by atomic mass is 9.90. The molecule has 2 atom stereocenters. The highest BCUT2D eigenvalue weighted by molar-refractivity contribution is 7.82. The van der Waals surface area contributed by atoms with Gasteiger partial charge in [-0.3, -0.25) is 9.69 Å². The van der Waals surface area contributed by atoms with Crippen LogP contribution in [-0.2, 0) is 22.0 Å². The fraction of sp³-hybridized carbons (Fsp3) is 0.619. The van der Waals surface area contributed by atoms with Crippen molar-refractivity contribution < 1.29 is 27.3 Å². The van der Waals surface area contributed by atoms with E-state index < -0.39 is 34.0 Å². The van der Waals surface area contributed by atoms with Crippen LogP contribution in [0.25, 0.3) is 0 Å². The maximum absolute atomic E-state index is 12.9. The predicted molar refractivity (Wildman–Crippen MR) is 115 cm³/mol. The molecule has 32 heavy (non-hydrogen) atoms. The third-order valence-corrected chi connectivity index (χ3v) is 7.43. The van der Waals surface area contributed by atoms with Crippen LogP contribution in [0.4, 0.5) is 13.2 Å². The normalized spacial score (nSPS) is 24.3. The topological polar surface area (TPSA) is 99.2 Å². The molecule has 1 amide bonds. The van der Waals surface area contributed by atoms with Crippen molar-refractivity contribution in [3.05, 3.63) is 23.8 Å². The first kappa shape index (κ1) is 24.5. The molecule has 1 aromatic carbocycles. The van der Waals surface area contributed by atoms with E-state index in [0.29, 0.717) is 50.9 Å². The second kappa shape index (κ2) is 9.01. The molecule has 3 rings (SSSR count). The van der Waals surface area contributed by atoms with Gasteiger partial charge in [-0.1, -0.05) is 13.8 Å². The molecule has 0 radical (unpaired) electrons. The van der Waals surface area contributed by atoms with Crippen LogP contribution in [-0.4, -0.2) is 55.6 Å². The van der Waals surface area contributed by atoms with Crippen LogP contribution < -0.4 is 5.73 Å². The Balaban J connectivity index is 1.59. The molecule has 3 N–H and O–H groups in total. The molecule has 1 saturated heterocycles. The largest absolute Gasteiger partial charge is 0.507 e. The minimum atomic E-state index is -4.58. The lowest BCUT2D eigenvalue weighted by Gasteiger charge is -2.33. The van der Waals surface area contributed by atoms with Gasteiger partial charge in [-0.2, -0.15) is 13.2 Å². The van der Waals surface area contributed by atoms with E-state index in [1.807, 2.05) is 13.8 Å². The third-order valence-electron chi connectivity index (χ3n) is 5.87. The van der Waals surface area contributed by atoms with Gasteiger partial charge in [-0.15, -0.1) is 0 Å². The number of aromatic hydroxyl groups is 1. The molecule has 2 unspecified atom stereocenters. The van der Waals surface area contributed by atoms with Gasteiger partial charge in [-0.05, 0) is 56.2 Å². The van der Waals surface area contributed by atoms with Crippen molar-refractivity contribution in [1.82, 2.24) is 9.21 Å². The Hall–Kier alpha value is -2.14. The second-order valence-corrected chi connectivity index (χ2v) is 10.5. The molecule has 2 heterocycles. The lowest BCUT2D eigenvalue weighted by Crippen LogP contribution is -2.47. The number of alkyl halides is 3. The van der Waals surface area contributed by atoms with Crippen molar-refractivity contribution in [3.63, 3.8) is 0 Å². The second-order valence-electron chi connectivity index (χ2n) is 9.06. The minimum Gasteiger partial charge on any atom is -0.507 e. The van der Waals surface area contributed by atoms with E-state index in [1.54, 1.807) is 11.2 Å². The zero-order chi connectivity index (χ0) is 23.8. The van der Waals surface area contributed by atoms with Gasteiger partial charge in [0.2, 0.25) is 0 Å². The highest BCUT2D eigenvalue weighted by Gasteiger charge is 2.45. The Morgan fingerprint density at radius 2 is 1.94 bits per heavy atom. The SMILES string of the molecule is CC(C)CC1(C)N=C(N)N(CC2CCN(S(=O)c3ccc(C(F)(F)F)cc3O)CC2)C1=O. The quantitative estimate of drug-likeness (QED) is 0.662. The number of phenolic OH excluding ortho intramolecular Hbond substituents is 1. The number of amides is 1. The molecule has 2 aliphatic heterocycles. The van der Waals surface area contributed by atoms with Crippen LogP contribution in [0.5, 0.6) is 5.75 Å². The van der Waals surface area contributed by atoms with Crippen LogP contribution in [0, 0.1) is 11.8 Å². The molecule has 7 nitrogen and oxygen atoms in total. The average molecular weight is 475 g/mol. The van der Waals surface area contributed by atoms with Crippen molar-refractivity contribution in [1.29, 1.82) is 0 Å². The summed E-state index contributed by atoms with van der Waals surface area (Å²) in [5.41, 5.74) is 4.20. The third kappa shape index (κ3) is 5.09. The molecule has 0 bridgehead atoms. The smallest absolute Gasteiger partial charge is 0.416 e. The van der Waals surface area contributed by atoms with Gasteiger partial charge in [0.05, 0.1) is 10.5 Å². The van der Waals surface area contributed by atoms with Crippen molar-refractivity contribution in [2.75, 3.05) is 19.6 Å². The fourth-order valence-electron chi connectivity index (χ4n) is 4.36. The standard InChI is InChI=1S/C21H29F3N4O3S/c1-13(2)11-20(3)18(30)28(19(25)26-20)12-14-6-8-27(9-7-14)32(31)17-5-4-15(10-16(17)29)21(22,23)24/h4-5,10,13-14,29H,6-9,11-12H2,1-3H3,(H2,25,26). The zero-order valence-corrected chi connectivity index (χ0v) is 19.2. The molecule has 1 aromatic rings. The first-order chi connectivity index (χ1) is 14.8. The first-order valence-electron chi connectivity index (χ1n) is 10.6. The number of nitrogens with zero attached hydrogens (tertiary/aromatic N) is 3. The number of guanidine groups is 1. The fourth-order valence-corrected chi connectivity index (χ4v) is 5.60. The molecule has 178 valence electrons. The van der Waals surface area contributed by atoms with Crippen molar-refractivity contribution >= 4 is 22.9 Å². The Bertz CT molecular complexity index is 929. The number of nitrogens with two attached hydrogens (primary N) is 1. The summed E-state index contributed by atoms with van der Waals surface area (Å²) < 4.78 is 52.8. The maximum atomic E-state index is 12.9. The van der Waals surface area contributed by atoms with Crippen LogP contribution in [0.2, 0.25) is 0 Å². The Labute approximate surface area is 188 Å². The van der Waals surface area contributed by atoms with Crippen LogP contribution in [0.15, 0.2) is 28.1 Å². The lowest BCUT2D eigenvalue weighted by molar-refractivity contribution is -0.137. The summed E-state index contributed by atoms with van der Waals surface area (Å²) in [4.78, 5) is 18.8. The highest BCUT2D eigenvalue weighted by atomic mass is 32.2. The van der Waals surface area contributed by atoms with Gasteiger partial charge in [-0.25, -0.2) is 13.5 Å². The van der Waals surface area contributed by atoms with Gasteiger partial charge >= 0.3 is 6.18 Å². The van der Waals surface area contributed by atoms with E-state index in [1.165, 1.54) is 4.90 Å². The monoisotopic (exact) mass is 474 g/mol. The van der Waals surface area contributed by atoms with Crippen molar-refractivity contribution in [3.8, 4) is 5.75 Å². The molecule has 0 saturated carbocycles. The summed E-state index contributed by atoms with van der Waals surface area (Å²) in [6.07, 6.45) is -2.72. The van der Waals surface area contributed by atoms with Gasteiger partial charge < -0.3 is 10.8 Å². The van der Waals surface area contributed by atoms with E-state index in [9.17, 15) is 27.3 Å². The van der Waals surface area contributed by atoms with Crippen LogP contribution in [0.1, 0.15) is 45.6 Å². The van der Waals surface area contributed by atoms with Crippen LogP contribution >= 0.6 is 0 Å². The first-order valence-corrected chi connectivity index (χ1v) is 11.7. The Morgan fingerprint density at radius 3 is 2.47 bits per heavy atom. The van der Waals surface area contributed by atoms with Gasteiger partial charge in [0.25, 0.3) is 5.91 Å². The number of rotatable bonds is 6. The van der Waals surface area contributed by atoms with E-state index in [0.717, 1.165) is 12.1 Å². The highest BCUT2D eigenvalue weighted by Crippen LogP contribution is 2.35. The maximum Gasteiger partial charge on any atom is 0.416 e. The number of hydrogen-bond donors (Lipinski definition) is 2. The minimum absolute atomic E-state index is 0.0491. The molecule has 0 aliphatic carbocycles. The van der Waals surface area contributed by atoms with Crippen molar-refractivity contribution in [2.45, 2.75) is 56.6 Å². The Morgan fingerprint density at radius 1 is 1.31 bits per heavy atom.